The van der Waals surface area contributed by atoms with E-state index in [-0.39, 0.29) is 11.7 Å². The van der Waals surface area contributed by atoms with Crippen LogP contribution in [0, 0.1) is 17.7 Å². The van der Waals surface area contributed by atoms with Gasteiger partial charge in [0.25, 0.3) is 0 Å². The highest BCUT2D eigenvalue weighted by Gasteiger charge is 2.39. The van der Waals surface area contributed by atoms with Crippen LogP contribution in [0.5, 0.6) is 0 Å². The van der Waals surface area contributed by atoms with Gasteiger partial charge in [0.2, 0.25) is 5.91 Å². The molecule has 0 aromatic heterocycles. The van der Waals surface area contributed by atoms with Crippen molar-refractivity contribution in [2.24, 2.45) is 11.8 Å². The second-order valence-electron chi connectivity index (χ2n) is 5.98. The highest BCUT2D eigenvalue weighted by atomic mass is 19.1. The molecular weight excluding hydrogens is 241 g/mol. The summed E-state index contributed by atoms with van der Waals surface area (Å²) in [5.74, 6) is 1.49. The molecule has 3 heteroatoms. The number of nitrogens with one attached hydrogen (secondary N) is 1. The number of carbonyl (C=O) groups excluding carboxylic acids is 1. The Bertz CT molecular complexity index is 456. The predicted molar refractivity (Wildman–Crippen MR) is 72.1 cm³/mol. The number of benzene rings is 1. The van der Waals surface area contributed by atoms with Gasteiger partial charge in [-0.1, -0.05) is 18.6 Å². The maximum absolute atomic E-state index is 12.8. The number of carbonyl (C=O) groups is 1. The SMILES string of the molecule is O=C(CCc1ccc(F)cc1)N[C@H]1C[C@@H]2CC[C@@H]1C2. The average molecular weight is 261 g/mol. The van der Waals surface area contributed by atoms with Gasteiger partial charge in [-0.3, -0.25) is 4.79 Å². The summed E-state index contributed by atoms with van der Waals surface area (Å²) in [7, 11) is 0. The lowest BCUT2D eigenvalue weighted by Crippen LogP contribution is -2.38. The van der Waals surface area contributed by atoms with Crippen LogP contribution in [0.3, 0.4) is 0 Å². The maximum atomic E-state index is 12.8. The van der Waals surface area contributed by atoms with Gasteiger partial charge in [-0.05, 0) is 55.2 Å². The van der Waals surface area contributed by atoms with E-state index >= 15 is 0 Å². The van der Waals surface area contributed by atoms with Crippen LogP contribution in [0.4, 0.5) is 4.39 Å². The second-order valence-corrected chi connectivity index (χ2v) is 5.98. The van der Waals surface area contributed by atoms with Crippen LogP contribution in [-0.2, 0) is 11.2 Å². The Balaban J connectivity index is 1.45. The molecule has 2 bridgehead atoms. The molecule has 1 aromatic rings. The van der Waals surface area contributed by atoms with Crippen molar-refractivity contribution in [3.05, 3.63) is 35.6 Å². The van der Waals surface area contributed by atoms with E-state index in [0.29, 0.717) is 18.9 Å². The standard InChI is InChI=1S/C16H20FNO/c17-14-6-2-11(3-7-14)4-8-16(19)18-15-10-12-1-5-13(15)9-12/h2-3,6-7,12-13,15H,1,4-5,8-10H2,(H,18,19)/t12-,13-,15+/m1/s1. The van der Waals surface area contributed by atoms with Gasteiger partial charge in [0.05, 0.1) is 0 Å². The lowest BCUT2D eigenvalue weighted by molar-refractivity contribution is -0.122. The van der Waals surface area contributed by atoms with Gasteiger partial charge in [-0.25, -0.2) is 4.39 Å². The molecule has 2 saturated carbocycles. The fourth-order valence-electron chi connectivity index (χ4n) is 3.61. The molecule has 2 fully saturated rings. The third-order valence-corrected chi connectivity index (χ3v) is 4.64. The van der Waals surface area contributed by atoms with Crippen LogP contribution in [0.1, 0.15) is 37.7 Å². The van der Waals surface area contributed by atoms with Gasteiger partial charge in [-0.15, -0.1) is 0 Å². The largest absolute Gasteiger partial charge is 0.353 e. The van der Waals surface area contributed by atoms with Gasteiger partial charge < -0.3 is 5.32 Å². The Kier molecular flexibility index (Phi) is 3.54. The van der Waals surface area contributed by atoms with Gasteiger partial charge in [0.1, 0.15) is 5.82 Å². The Morgan fingerprint density at radius 3 is 2.63 bits per heavy atom. The van der Waals surface area contributed by atoms with Crippen LogP contribution >= 0.6 is 0 Å². The zero-order chi connectivity index (χ0) is 13.2. The topological polar surface area (TPSA) is 29.1 Å². The number of halogens is 1. The zero-order valence-electron chi connectivity index (χ0n) is 11.1. The number of hydrogen-bond acceptors (Lipinski definition) is 1. The first kappa shape index (κ1) is 12.6. The zero-order valence-corrected chi connectivity index (χ0v) is 11.1. The Hall–Kier alpha value is -1.38. The fraction of sp³-hybridized carbons (Fsp3) is 0.562. The van der Waals surface area contributed by atoms with Crippen molar-refractivity contribution in [3.63, 3.8) is 0 Å². The van der Waals surface area contributed by atoms with E-state index in [1.165, 1.54) is 37.8 Å². The summed E-state index contributed by atoms with van der Waals surface area (Å²) in [6.07, 6.45) is 6.31. The Morgan fingerprint density at radius 2 is 2.00 bits per heavy atom. The molecule has 102 valence electrons. The monoisotopic (exact) mass is 261 g/mol. The summed E-state index contributed by atoms with van der Waals surface area (Å²) in [6.45, 7) is 0. The molecule has 3 atom stereocenters. The molecule has 0 unspecified atom stereocenters. The summed E-state index contributed by atoms with van der Waals surface area (Å²) in [4.78, 5) is 11.9. The van der Waals surface area contributed by atoms with Crippen molar-refractivity contribution in [1.29, 1.82) is 0 Å². The Morgan fingerprint density at radius 1 is 1.21 bits per heavy atom. The summed E-state index contributed by atoms with van der Waals surface area (Å²) in [5.41, 5.74) is 1.02. The van der Waals surface area contributed by atoms with Gasteiger partial charge in [0.15, 0.2) is 0 Å². The van der Waals surface area contributed by atoms with Crippen molar-refractivity contribution in [3.8, 4) is 0 Å². The molecule has 2 nitrogen and oxygen atoms in total. The van der Waals surface area contributed by atoms with Crippen LogP contribution in [-0.4, -0.2) is 11.9 Å². The molecule has 0 saturated heterocycles. The molecule has 0 aliphatic heterocycles. The molecule has 0 radical (unpaired) electrons. The molecule has 2 aliphatic carbocycles. The van der Waals surface area contributed by atoms with Crippen LogP contribution in [0.15, 0.2) is 24.3 Å². The van der Waals surface area contributed by atoms with E-state index in [9.17, 15) is 9.18 Å². The normalized spacial score (nSPS) is 28.6. The van der Waals surface area contributed by atoms with E-state index < -0.39 is 0 Å². The first-order chi connectivity index (χ1) is 9.20. The van der Waals surface area contributed by atoms with Crippen molar-refractivity contribution < 1.29 is 9.18 Å². The number of aryl methyl sites for hydroxylation is 1. The van der Waals surface area contributed by atoms with Crippen molar-refractivity contribution in [1.82, 2.24) is 5.32 Å². The van der Waals surface area contributed by atoms with Crippen molar-refractivity contribution in [2.75, 3.05) is 0 Å². The van der Waals surface area contributed by atoms with Crippen LogP contribution in [0.2, 0.25) is 0 Å². The first-order valence-corrected chi connectivity index (χ1v) is 7.24. The minimum absolute atomic E-state index is 0.141. The molecule has 3 rings (SSSR count). The van der Waals surface area contributed by atoms with E-state index in [0.717, 1.165) is 17.4 Å². The maximum Gasteiger partial charge on any atom is 0.220 e. The highest BCUT2D eigenvalue weighted by Crippen LogP contribution is 2.44. The third kappa shape index (κ3) is 2.96. The molecule has 0 spiro atoms. The van der Waals surface area contributed by atoms with Crippen LogP contribution in [0.25, 0.3) is 0 Å². The highest BCUT2D eigenvalue weighted by molar-refractivity contribution is 5.76. The number of hydrogen-bond donors (Lipinski definition) is 1. The number of rotatable bonds is 4. The van der Waals surface area contributed by atoms with Gasteiger partial charge in [-0.2, -0.15) is 0 Å². The van der Waals surface area contributed by atoms with E-state index in [2.05, 4.69) is 5.32 Å². The third-order valence-electron chi connectivity index (χ3n) is 4.64. The van der Waals surface area contributed by atoms with Crippen molar-refractivity contribution >= 4 is 5.91 Å². The Labute approximate surface area is 113 Å². The minimum atomic E-state index is -0.227. The van der Waals surface area contributed by atoms with Gasteiger partial charge in [0, 0.05) is 12.5 Å². The molecule has 1 amide bonds. The quantitative estimate of drug-likeness (QED) is 0.886. The molecule has 1 aromatic carbocycles. The van der Waals surface area contributed by atoms with Gasteiger partial charge >= 0.3 is 0 Å². The lowest BCUT2D eigenvalue weighted by atomic mass is 9.95. The molecule has 1 N–H and O–H groups in total. The van der Waals surface area contributed by atoms with E-state index in [1.807, 2.05) is 0 Å². The first-order valence-electron chi connectivity index (χ1n) is 7.24. The molecule has 0 heterocycles. The van der Waals surface area contributed by atoms with Crippen LogP contribution < -0.4 is 5.32 Å². The second kappa shape index (κ2) is 5.32. The number of fused-ring (bicyclic) bond motifs is 2. The molecule has 2 aliphatic rings. The lowest BCUT2D eigenvalue weighted by Gasteiger charge is -2.22. The summed E-state index contributed by atoms with van der Waals surface area (Å²) < 4.78 is 12.8. The average Bonchev–Trinajstić information content (AvgIpc) is 3.00. The smallest absolute Gasteiger partial charge is 0.220 e. The minimum Gasteiger partial charge on any atom is -0.353 e. The summed E-state index contributed by atoms with van der Waals surface area (Å²) in [6, 6.07) is 6.81. The summed E-state index contributed by atoms with van der Waals surface area (Å²) >= 11 is 0. The molecular formula is C16H20FNO. The summed E-state index contributed by atoms with van der Waals surface area (Å²) in [5, 5.41) is 3.18. The molecule has 19 heavy (non-hydrogen) atoms. The predicted octanol–water partition coefficient (Wildman–Crippen LogP) is 3.06. The number of amides is 1. The van der Waals surface area contributed by atoms with E-state index in [1.54, 1.807) is 12.1 Å². The van der Waals surface area contributed by atoms with Crippen molar-refractivity contribution in [2.45, 2.75) is 44.6 Å². The fourth-order valence-corrected chi connectivity index (χ4v) is 3.61. The van der Waals surface area contributed by atoms with E-state index in [4.69, 9.17) is 0 Å².